The van der Waals surface area contributed by atoms with Crippen molar-refractivity contribution in [2.45, 2.75) is 26.3 Å². The molecule has 3 N–H and O–H groups in total. The highest BCUT2D eigenvalue weighted by Gasteiger charge is 2.11. The van der Waals surface area contributed by atoms with Crippen LogP contribution in [0.15, 0.2) is 24.3 Å². The Labute approximate surface area is 114 Å². The maximum Gasteiger partial charge on any atom is 0.122 e. The molecule has 0 saturated heterocycles. The predicted octanol–water partition coefficient (Wildman–Crippen LogP) is 2.46. The van der Waals surface area contributed by atoms with E-state index in [1.165, 1.54) is 11.3 Å². The van der Waals surface area contributed by atoms with Crippen LogP contribution in [0.2, 0.25) is 0 Å². The first kappa shape index (κ1) is 15.3. The lowest BCUT2D eigenvalue weighted by Gasteiger charge is -2.17. The fourth-order valence-corrected chi connectivity index (χ4v) is 2.86. The van der Waals surface area contributed by atoms with Gasteiger partial charge in [0.05, 0.1) is 7.11 Å². The normalized spacial score (nSPS) is 12.7. The van der Waals surface area contributed by atoms with Crippen LogP contribution in [-0.4, -0.2) is 24.7 Å². The molecule has 0 amide bonds. The van der Waals surface area contributed by atoms with Gasteiger partial charge in [0, 0.05) is 11.8 Å². The van der Waals surface area contributed by atoms with E-state index in [1.54, 1.807) is 7.11 Å². The Balaban J connectivity index is 2.51. The molecule has 0 heterocycles. The standard InChI is InChI=1S/C14H24N2OS/c1-11(2)9-18-10-13(16-15)8-12-6-4-5-7-14(12)17-3/h4-7,11,13,16H,8-10,15H2,1-3H3. The second-order valence-electron chi connectivity index (χ2n) is 4.81. The summed E-state index contributed by atoms with van der Waals surface area (Å²) in [6, 6.07) is 8.39. The number of nitrogens with one attached hydrogen (secondary N) is 1. The van der Waals surface area contributed by atoms with E-state index in [-0.39, 0.29) is 6.04 Å². The number of nitrogens with two attached hydrogens (primary N) is 1. The lowest BCUT2D eigenvalue weighted by Crippen LogP contribution is -2.38. The largest absolute Gasteiger partial charge is 0.496 e. The van der Waals surface area contributed by atoms with E-state index in [2.05, 4.69) is 25.3 Å². The van der Waals surface area contributed by atoms with Gasteiger partial charge in [0.15, 0.2) is 0 Å². The number of methoxy groups -OCH3 is 1. The van der Waals surface area contributed by atoms with Gasteiger partial charge in [0.2, 0.25) is 0 Å². The molecule has 0 bridgehead atoms. The lowest BCUT2D eigenvalue weighted by molar-refractivity contribution is 0.406. The number of benzene rings is 1. The Kier molecular flexibility index (Phi) is 7.16. The summed E-state index contributed by atoms with van der Waals surface area (Å²) in [4.78, 5) is 0. The fraction of sp³-hybridized carbons (Fsp3) is 0.571. The van der Waals surface area contributed by atoms with Crippen LogP contribution >= 0.6 is 11.8 Å². The van der Waals surface area contributed by atoms with Gasteiger partial charge in [-0.05, 0) is 29.7 Å². The topological polar surface area (TPSA) is 47.3 Å². The van der Waals surface area contributed by atoms with E-state index in [1.807, 2.05) is 30.0 Å². The zero-order chi connectivity index (χ0) is 13.4. The molecule has 18 heavy (non-hydrogen) atoms. The number of ether oxygens (including phenoxy) is 1. The van der Waals surface area contributed by atoms with E-state index in [9.17, 15) is 0 Å². The van der Waals surface area contributed by atoms with Crippen molar-refractivity contribution in [2.24, 2.45) is 11.8 Å². The number of hydrogen-bond donors (Lipinski definition) is 2. The molecule has 1 aromatic carbocycles. The van der Waals surface area contributed by atoms with E-state index in [0.29, 0.717) is 0 Å². The van der Waals surface area contributed by atoms with Crippen LogP contribution in [0.5, 0.6) is 5.75 Å². The molecule has 3 nitrogen and oxygen atoms in total. The summed E-state index contributed by atoms with van der Waals surface area (Å²) in [6.07, 6.45) is 0.894. The molecule has 0 aliphatic heterocycles. The molecular formula is C14H24N2OS. The van der Waals surface area contributed by atoms with Crippen molar-refractivity contribution < 1.29 is 4.74 Å². The van der Waals surface area contributed by atoms with Gasteiger partial charge in [-0.25, -0.2) is 0 Å². The van der Waals surface area contributed by atoms with Crippen LogP contribution in [-0.2, 0) is 6.42 Å². The molecule has 0 aromatic heterocycles. The quantitative estimate of drug-likeness (QED) is 0.561. The smallest absolute Gasteiger partial charge is 0.122 e. The monoisotopic (exact) mass is 268 g/mol. The van der Waals surface area contributed by atoms with Gasteiger partial charge < -0.3 is 4.74 Å². The molecular weight excluding hydrogens is 244 g/mol. The molecule has 0 spiro atoms. The highest BCUT2D eigenvalue weighted by Crippen LogP contribution is 2.20. The van der Waals surface area contributed by atoms with Gasteiger partial charge in [-0.15, -0.1) is 0 Å². The van der Waals surface area contributed by atoms with Crippen molar-refractivity contribution in [3.05, 3.63) is 29.8 Å². The van der Waals surface area contributed by atoms with E-state index < -0.39 is 0 Å². The second-order valence-corrected chi connectivity index (χ2v) is 5.89. The van der Waals surface area contributed by atoms with Gasteiger partial charge in [-0.3, -0.25) is 11.3 Å². The number of hydrogen-bond acceptors (Lipinski definition) is 4. The molecule has 0 aliphatic carbocycles. The maximum absolute atomic E-state index is 5.62. The van der Waals surface area contributed by atoms with E-state index in [0.717, 1.165) is 23.8 Å². The third kappa shape index (κ3) is 5.29. The number of thioether (sulfide) groups is 1. The molecule has 0 saturated carbocycles. The Hall–Kier alpha value is -0.710. The van der Waals surface area contributed by atoms with Crippen molar-refractivity contribution >= 4 is 11.8 Å². The first-order chi connectivity index (χ1) is 8.67. The van der Waals surface area contributed by atoms with Crippen molar-refractivity contribution in [3.63, 3.8) is 0 Å². The van der Waals surface area contributed by atoms with Gasteiger partial charge in [-0.1, -0.05) is 32.0 Å². The zero-order valence-electron chi connectivity index (χ0n) is 11.5. The molecule has 1 rings (SSSR count). The van der Waals surface area contributed by atoms with Crippen LogP contribution < -0.4 is 16.0 Å². The van der Waals surface area contributed by atoms with Crippen LogP contribution in [0.1, 0.15) is 19.4 Å². The Morgan fingerprint density at radius 3 is 2.61 bits per heavy atom. The van der Waals surface area contributed by atoms with Crippen molar-refractivity contribution in [3.8, 4) is 5.75 Å². The average Bonchev–Trinajstić information content (AvgIpc) is 2.37. The molecule has 0 radical (unpaired) electrons. The van der Waals surface area contributed by atoms with Crippen LogP contribution in [0, 0.1) is 5.92 Å². The van der Waals surface area contributed by atoms with Crippen LogP contribution in [0.3, 0.4) is 0 Å². The Morgan fingerprint density at radius 1 is 1.28 bits per heavy atom. The summed E-state index contributed by atoms with van der Waals surface area (Å²) in [7, 11) is 1.71. The predicted molar refractivity (Wildman–Crippen MR) is 80.0 cm³/mol. The molecule has 102 valence electrons. The molecule has 0 aliphatic rings. The number of para-hydroxylation sites is 1. The zero-order valence-corrected chi connectivity index (χ0v) is 12.3. The van der Waals surface area contributed by atoms with Crippen molar-refractivity contribution in [1.29, 1.82) is 0 Å². The van der Waals surface area contributed by atoms with E-state index >= 15 is 0 Å². The Morgan fingerprint density at radius 2 is 2.00 bits per heavy atom. The summed E-state index contributed by atoms with van der Waals surface area (Å²) in [5.74, 6) is 9.47. The molecule has 1 atom stereocenters. The summed E-state index contributed by atoms with van der Waals surface area (Å²) >= 11 is 1.94. The van der Waals surface area contributed by atoms with Gasteiger partial charge >= 0.3 is 0 Å². The van der Waals surface area contributed by atoms with Crippen molar-refractivity contribution in [1.82, 2.24) is 5.43 Å². The van der Waals surface area contributed by atoms with E-state index in [4.69, 9.17) is 10.6 Å². The number of rotatable bonds is 8. The highest BCUT2D eigenvalue weighted by molar-refractivity contribution is 7.99. The molecule has 4 heteroatoms. The van der Waals surface area contributed by atoms with Gasteiger partial charge in [0.1, 0.15) is 5.75 Å². The molecule has 1 unspecified atom stereocenters. The molecule has 1 aromatic rings. The third-order valence-corrected chi connectivity index (χ3v) is 4.21. The Bertz CT molecular complexity index is 344. The fourth-order valence-electron chi connectivity index (χ4n) is 1.75. The second kappa shape index (κ2) is 8.40. The number of hydrazine groups is 1. The average molecular weight is 268 g/mol. The maximum atomic E-state index is 5.62. The minimum Gasteiger partial charge on any atom is -0.496 e. The summed E-state index contributed by atoms with van der Waals surface area (Å²) in [5.41, 5.74) is 4.10. The van der Waals surface area contributed by atoms with Crippen LogP contribution in [0.25, 0.3) is 0 Å². The SMILES string of the molecule is COc1ccccc1CC(CSCC(C)C)NN. The minimum atomic E-state index is 0.282. The van der Waals surface area contributed by atoms with Crippen molar-refractivity contribution in [2.75, 3.05) is 18.6 Å². The molecule has 0 fully saturated rings. The highest BCUT2D eigenvalue weighted by atomic mass is 32.2. The van der Waals surface area contributed by atoms with Gasteiger partial charge in [-0.2, -0.15) is 11.8 Å². The first-order valence-electron chi connectivity index (χ1n) is 6.33. The third-order valence-electron chi connectivity index (χ3n) is 2.66. The summed E-state index contributed by atoms with van der Waals surface area (Å²) < 4.78 is 5.36. The minimum absolute atomic E-state index is 0.282. The summed E-state index contributed by atoms with van der Waals surface area (Å²) in [5, 5.41) is 0. The summed E-state index contributed by atoms with van der Waals surface area (Å²) in [6.45, 7) is 4.47. The lowest BCUT2D eigenvalue weighted by atomic mass is 10.1. The van der Waals surface area contributed by atoms with Gasteiger partial charge in [0.25, 0.3) is 0 Å². The first-order valence-corrected chi connectivity index (χ1v) is 7.48. The van der Waals surface area contributed by atoms with Crippen LogP contribution in [0.4, 0.5) is 0 Å².